The van der Waals surface area contributed by atoms with Gasteiger partial charge in [0.15, 0.2) is 17.1 Å². The lowest BCUT2D eigenvalue weighted by Crippen LogP contribution is -2.24. The molecule has 1 aliphatic carbocycles. The molecule has 1 saturated carbocycles. The van der Waals surface area contributed by atoms with E-state index in [0.717, 1.165) is 76.4 Å². The van der Waals surface area contributed by atoms with Crippen LogP contribution in [0.25, 0.3) is 32.9 Å². The molecule has 2 atom stereocenters. The van der Waals surface area contributed by atoms with Crippen LogP contribution in [0.15, 0.2) is 53.8 Å². The van der Waals surface area contributed by atoms with E-state index in [9.17, 15) is 0 Å². The molecule has 2 aliphatic rings. The molecule has 3 heterocycles. The molecule has 9 heteroatoms. The first-order valence-corrected chi connectivity index (χ1v) is 17.8. The lowest BCUT2D eigenvalue weighted by atomic mass is 9.88. The fraction of sp³-hybridized carbons (Fsp3) is 0.447. The maximum Gasteiger partial charge on any atom is 0.226 e. The third kappa shape index (κ3) is 6.32. The molecule has 0 radical (unpaired) electrons. The van der Waals surface area contributed by atoms with Gasteiger partial charge in [-0.3, -0.25) is 0 Å². The molecule has 0 bridgehead atoms. The second-order valence-corrected chi connectivity index (χ2v) is 14.9. The number of nitrogens with zero attached hydrogens (tertiary/aromatic N) is 4. The number of ether oxygens (including phenoxy) is 3. The number of aromatic nitrogens is 4. The van der Waals surface area contributed by atoms with Gasteiger partial charge in [0.25, 0.3) is 0 Å². The number of fused-ring (bicyclic) bond motifs is 2. The monoisotopic (exact) mass is 654 g/mol. The van der Waals surface area contributed by atoms with E-state index in [1.807, 2.05) is 56.8 Å². The molecule has 5 aromatic rings. The molecule has 1 unspecified atom stereocenters. The summed E-state index contributed by atoms with van der Waals surface area (Å²) in [7, 11) is 0. The van der Waals surface area contributed by atoms with E-state index in [1.54, 1.807) is 17.8 Å². The van der Waals surface area contributed by atoms with E-state index in [0.29, 0.717) is 40.4 Å². The lowest BCUT2D eigenvalue weighted by molar-refractivity contribution is -0.0366. The highest BCUT2D eigenvalue weighted by Gasteiger charge is 2.35. The van der Waals surface area contributed by atoms with Crippen LogP contribution in [0.5, 0.6) is 11.6 Å². The predicted octanol–water partition coefficient (Wildman–Crippen LogP) is 10.1. The number of benzene rings is 3. The minimum atomic E-state index is -0.479. The molecule has 1 aliphatic heterocycles. The number of hydrogen-bond acceptors (Lipinski definition) is 7. The summed E-state index contributed by atoms with van der Waals surface area (Å²) in [6.45, 7) is 12.7. The van der Waals surface area contributed by atoms with Crippen LogP contribution in [0.3, 0.4) is 0 Å². The fourth-order valence-electron chi connectivity index (χ4n) is 6.56. The first-order valence-electron chi connectivity index (χ1n) is 16.8. The Labute approximate surface area is 280 Å². The van der Waals surface area contributed by atoms with Crippen molar-refractivity contribution >= 4 is 33.6 Å². The third-order valence-corrected chi connectivity index (χ3v) is 9.69. The SMILES string of the molecule is CCSc1nc(OC(C)(C)C)c2cc(C3CC3)c(-c3c(C)c(F)cc4c3cnn4C3CCCCO3)c(O[C@@H](C)c3ccccc3)c2n1. The first kappa shape index (κ1) is 31.9. The van der Waals surface area contributed by atoms with Gasteiger partial charge in [-0.15, -0.1) is 0 Å². The van der Waals surface area contributed by atoms with Gasteiger partial charge in [0.2, 0.25) is 5.88 Å². The molecule has 246 valence electrons. The van der Waals surface area contributed by atoms with E-state index in [-0.39, 0.29) is 18.1 Å². The van der Waals surface area contributed by atoms with Gasteiger partial charge in [0.05, 0.1) is 17.1 Å². The molecule has 2 fully saturated rings. The minimum Gasteiger partial charge on any atom is -0.483 e. The number of rotatable bonds is 9. The third-order valence-electron chi connectivity index (χ3n) is 8.96. The Kier molecular flexibility index (Phi) is 8.64. The Bertz CT molecular complexity index is 1930. The Morgan fingerprint density at radius 3 is 2.51 bits per heavy atom. The van der Waals surface area contributed by atoms with Crippen LogP contribution in [0.4, 0.5) is 4.39 Å². The summed E-state index contributed by atoms with van der Waals surface area (Å²) >= 11 is 1.56. The van der Waals surface area contributed by atoms with Gasteiger partial charge >= 0.3 is 0 Å². The van der Waals surface area contributed by atoms with E-state index >= 15 is 4.39 Å². The molecule has 0 spiro atoms. The largest absolute Gasteiger partial charge is 0.483 e. The predicted molar refractivity (Wildman–Crippen MR) is 186 cm³/mol. The van der Waals surface area contributed by atoms with Crippen LogP contribution in [-0.2, 0) is 4.74 Å². The summed E-state index contributed by atoms with van der Waals surface area (Å²) in [4.78, 5) is 10.0. The van der Waals surface area contributed by atoms with Crippen LogP contribution in [0, 0.1) is 12.7 Å². The van der Waals surface area contributed by atoms with Gasteiger partial charge in [-0.05, 0) is 101 Å². The minimum absolute atomic E-state index is 0.219. The Hall–Kier alpha value is -3.69. The highest BCUT2D eigenvalue weighted by molar-refractivity contribution is 7.99. The molecule has 7 rings (SSSR count). The van der Waals surface area contributed by atoms with Crippen molar-refractivity contribution in [3.8, 4) is 22.8 Å². The molecule has 0 N–H and O–H groups in total. The van der Waals surface area contributed by atoms with Crippen LogP contribution in [0.2, 0.25) is 0 Å². The van der Waals surface area contributed by atoms with Crippen molar-refractivity contribution in [2.75, 3.05) is 12.4 Å². The van der Waals surface area contributed by atoms with Crippen molar-refractivity contribution in [2.24, 2.45) is 0 Å². The van der Waals surface area contributed by atoms with Gasteiger partial charge < -0.3 is 14.2 Å². The number of halogens is 1. The summed E-state index contributed by atoms with van der Waals surface area (Å²) in [6, 6.07) is 14.0. The zero-order chi connectivity index (χ0) is 32.9. The maximum atomic E-state index is 16.2. The van der Waals surface area contributed by atoms with Crippen molar-refractivity contribution in [2.45, 2.75) is 103 Å². The second kappa shape index (κ2) is 12.7. The fourth-order valence-corrected chi connectivity index (χ4v) is 7.12. The van der Waals surface area contributed by atoms with E-state index in [4.69, 9.17) is 29.3 Å². The molecule has 47 heavy (non-hydrogen) atoms. The highest BCUT2D eigenvalue weighted by Crippen LogP contribution is 2.54. The van der Waals surface area contributed by atoms with Gasteiger partial charge in [-0.2, -0.15) is 10.1 Å². The van der Waals surface area contributed by atoms with E-state index in [2.05, 4.69) is 32.0 Å². The van der Waals surface area contributed by atoms with E-state index < -0.39 is 5.60 Å². The molecule has 0 amide bonds. The standard InChI is InChI=1S/C38H43FN4O3S/c1-7-47-37-41-34-27(36(42-37)46-38(4,5)6)19-26(25-16-17-25)33(35(34)45-23(3)24-13-9-8-10-14-24)32-22(2)29(39)20-30-28(32)21-40-43(30)31-15-11-12-18-44-31/h8-10,13-14,19-21,23,25,31H,7,11-12,15-18H2,1-6H3/t23-,31?/m0/s1. The van der Waals surface area contributed by atoms with Gasteiger partial charge in [0, 0.05) is 29.2 Å². The summed E-state index contributed by atoms with van der Waals surface area (Å²) < 4.78 is 37.8. The van der Waals surface area contributed by atoms with Gasteiger partial charge in [-0.25, -0.2) is 14.1 Å². The van der Waals surface area contributed by atoms with Crippen LogP contribution in [0.1, 0.15) is 102 Å². The Balaban J connectivity index is 1.56. The Morgan fingerprint density at radius 2 is 1.83 bits per heavy atom. The summed E-state index contributed by atoms with van der Waals surface area (Å²) in [5.41, 5.74) is 5.27. The van der Waals surface area contributed by atoms with E-state index in [1.165, 1.54) is 0 Å². The molecule has 7 nitrogen and oxygen atoms in total. The smallest absolute Gasteiger partial charge is 0.226 e. The van der Waals surface area contributed by atoms with Gasteiger partial charge in [-0.1, -0.05) is 49.0 Å². The van der Waals surface area contributed by atoms with Crippen LogP contribution >= 0.6 is 11.8 Å². The number of hydrogen-bond donors (Lipinski definition) is 0. The van der Waals surface area contributed by atoms with Crippen LogP contribution < -0.4 is 9.47 Å². The lowest BCUT2D eigenvalue weighted by Gasteiger charge is -2.26. The zero-order valence-corrected chi connectivity index (χ0v) is 28.9. The van der Waals surface area contributed by atoms with Crippen molar-refractivity contribution in [1.29, 1.82) is 0 Å². The van der Waals surface area contributed by atoms with Crippen LogP contribution in [-0.4, -0.2) is 37.7 Å². The highest BCUT2D eigenvalue weighted by atomic mass is 32.2. The second-order valence-electron chi connectivity index (χ2n) is 13.7. The first-order chi connectivity index (χ1) is 22.6. The molecule has 1 saturated heterocycles. The topological polar surface area (TPSA) is 71.3 Å². The molecular weight excluding hydrogens is 612 g/mol. The molecule has 2 aromatic heterocycles. The van der Waals surface area contributed by atoms with Crippen molar-refractivity contribution in [3.63, 3.8) is 0 Å². The average molecular weight is 655 g/mol. The quantitative estimate of drug-likeness (QED) is 0.116. The normalized spacial score (nSPS) is 17.7. The van der Waals surface area contributed by atoms with Crippen molar-refractivity contribution in [3.05, 3.63) is 71.2 Å². The van der Waals surface area contributed by atoms with Gasteiger partial charge in [0.1, 0.15) is 23.0 Å². The summed E-state index contributed by atoms with van der Waals surface area (Å²) in [5.74, 6) is 1.97. The maximum absolute atomic E-state index is 16.2. The average Bonchev–Trinajstić information content (AvgIpc) is 3.82. The van der Waals surface area contributed by atoms with Crippen molar-refractivity contribution < 1.29 is 18.6 Å². The zero-order valence-electron chi connectivity index (χ0n) is 28.1. The number of thioether (sulfide) groups is 1. The Morgan fingerprint density at radius 1 is 1.04 bits per heavy atom. The summed E-state index contributed by atoms with van der Waals surface area (Å²) in [5, 5.41) is 7.10. The molecular formula is C38H43FN4O3S. The molecule has 3 aromatic carbocycles. The van der Waals surface area contributed by atoms with Crippen molar-refractivity contribution in [1.82, 2.24) is 19.7 Å². The summed E-state index contributed by atoms with van der Waals surface area (Å²) in [6.07, 6.45) is 6.35.